The first-order valence-corrected chi connectivity index (χ1v) is 57.5. The molecule has 0 saturated heterocycles. The Morgan fingerprint density at radius 1 is 0.136 bits per heavy atom. The molecule has 147 heavy (non-hydrogen) atoms. The molecule has 3 aliphatic rings. The molecule has 0 unspecified atom stereocenters. The molecule has 0 atom stereocenters. The first-order chi connectivity index (χ1) is 73.0. The van der Waals surface area contributed by atoms with Gasteiger partial charge >= 0.3 is 0 Å². The Kier molecular flexibility index (Phi) is 22.1. The van der Waals surface area contributed by atoms with Crippen LogP contribution in [0.4, 0.5) is 51.2 Å². The van der Waals surface area contributed by atoms with Crippen molar-refractivity contribution in [1.82, 2.24) is 9.13 Å². The number of nitrogens with zero attached hydrogens (tertiary/aromatic N) is 5. The number of para-hydroxylation sites is 10. The van der Waals surface area contributed by atoms with Gasteiger partial charge in [-0.15, -0.1) is 11.3 Å². The van der Waals surface area contributed by atoms with E-state index >= 15 is 0 Å². The summed E-state index contributed by atoms with van der Waals surface area (Å²) in [4.78, 5) is 7.43. The second-order valence-corrected chi connectivity index (χ2v) is 50.6. The lowest BCUT2D eigenvalue weighted by Gasteiger charge is -2.45. The number of rotatable bonds is 14. The van der Waals surface area contributed by atoms with Crippen molar-refractivity contribution in [3.8, 4) is 44.8 Å². The molecule has 26 aromatic rings. The molecule has 0 amide bonds. The van der Waals surface area contributed by atoms with E-state index in [2.05, 4.69) is 612 Å². The van der Waals surface area contributed by atoms with Crippen molar-refractivity contribution in [3.63, 3.8) is 0 Å². The fourth-order valence-electron chi connectivity index (χ4n) is 24.4. The van der Waals surface area contributed by atoms with Crippen LogP contribution >= 0.6 is 11.3 Å². The fraction of sp³-hybridized carbons (Fsp3) is 0. The van der Waals surface area contributed by atoms with E-state index in [1.807, 2.05) is 11.3 Å². The average molecular weight is 1940 g/mol. The molecule has 5 nitrogen and oxygen atoms in total. The predicted octanol–water partition coefficient (Wildman–Crippen LogP) is 28.1. The number of aromatic nitrogens is 2. The summed E-state index contributed by atoms with van der Waals surface area (Å²) in [6.45, 7) is 0. The van der Waals surface area contributed by atoms with Gasteiger partial charge in [0.2, 0.25) is 0 Å². The van der Waals surface area contributed by atoms with Crippen LogP contribution in [0, 0.1) is 0 Å². The van der Waals surface area contributed by atoms with Crippen LogP contribution in [-0.2, 0) is 0 Å². The van der Waals surface area contributed by atoms with Gasteiger partial charge < -0.3 is 23.8 Å². The summed E-state index contributed by atoms with van der Waals surface area (Å²) in [6.07, 6.45) is 0. The molecule has 0 aliphatic carbocycles. The van der Waals surface area contributed by atoms with Crippen molar-refractivity contribution in [1.29, 1.82) is 0 Å². The van der Waals surface area contributed by atoms with E-state index in [4.69, 9.17) is 0 Å². The lowest BCUT2D eigenvalue weighted by atomic mass is 10.0. The molecular formula is C138H97N5SSi3. The summed E-state index contributed by atoms with van der Waals surface area (Å²) in [7, 11) is -7.87. The average Bonchev–Trinajstić information content (AvgIpc) is 1.53. The summed E-state index contributed by atoms with van der Waals surface area (Å²) in [5.41, 5.74) is 25.5. The predicted molar refractivity (Wildman–Crippen MR) is 633 cm³/mol. The summed E-state index contributed by atoms with van der Waals surface area (Å²) >= 11 is 1.87. The molecule has 3 aromatic heterocycles. The standard InChI is InChI=1S/2C48H34N2Si.C42H29NSSi/c1-4-16-37(17-5-1)49-43-23-11-10-22-41(43)42-34-36(30-33-44(42)49)35-28-31-38(32-29-35)50-45-24-12-14-26-47(45)51(39-18-6-2-7-19-39,40-20-8-3-9-21-40)48-27-15-13-25-46(48)50;1-3-18-39(19-4-1)51(40-20-5-2-6-21-40)47-28-13-11-26-45(47)50(46-27-12-14-29-48(46)51)38-17-15-16-36(34-38)35-30-32-37(33-31-35)49-43-24-9-7-22-41(43)42-23-8-10-25-44(42)49;1-3-13-33(14-4-1)45(34-15-5-2-6-16-34)41-21-11-8-18-37(41)43(38-19-9-12-22-42(38)45)32-26-23-30(24-27-32)31-25-28-40-36(29-31)35-17-7-10-20-39(35)44-40/h2*1-34H;1-29H. The minimum Gasteiger partial charge on any atom is -0.311 e. The van der Waals surface area contributed by atoms with Crippen LogP contribution < -0.4 is 76.9 Å². The zero-order chi connectivity index (χ0) is 97.4. The minimum absolute atomic E-state index is 1.16. The molecule has 0 bridgehead atoms. The first kappa shape index (κ1) is 87.9. The van der Waals surface area contributed by atoms with Gasteiger partial charge in [-0.3, -0.25) is 0 Å². The molecule has 692 valence electrons. The molecule has 0 saturated carbocycles. The number of benzene rings is 23. The molecular weight excluding hydrogens is 1840 g/mol. The minimum atomic E-state index is -2.64. The Balaban J connectivity index is 0.000000109. The van der Waals surface area contributed by atoms with Gasteiger partial charge in [-0.2, -0.15) is 0 Å². The highest BCUT2D eigenvalue weighted by atomic mass is 32.1. The van der Waals surface area contributed by atoms with E-state index in [9.17, 15) is 0 Å². The zero-order valence-corrected chi connectivity index (χ0v) is 84.5. The van der Waals surface area contributed by atoms with E-state index in [-0.39, 0.29) is 0 Å². The highest BCUT2D eigenvalue weighted by Gasteiger charge is 2.52. The number of fused-ring (bicyclic) bond motifs is 15. The van der Waals surface area contributed by atoms with Gasteiger partial charge in [-0.05, 0) is 241 Å². The van der Waals surface area contributed by atoms with Crippen molar-refractivity contribution in [3.05, 3.63) is 588 Å². The smallest absolute Gasteiger partial charge is 0.184 e. The van der Waals surface area contributed by atoms with Gasteiger partial charge in [0.1, 0.15) is 0 Å². The van der Waals surface area contributed by atoms with Gasteiger partial charge in [-0.25, -0.2) is 0 Å². The highest BCUT2D eigenvalue weighted by molar-refractivity contribution is 7.26. The number of hydrogen-bond acceptors (Lipinski definition) is 4. The maximum Gasteiger partial charge on any atom is 0.184 e. The van der Waals surface area contributed by atoms with Crippen LogP contribution in [-0.4, -0.2) is 33.4 Å². The van der Waals surface area contributed by atoms with E-state index in [1.165, 1.54) is 205 Å². The third-order valence-electron chi connectivity index (χ3n) is 30.7. The van der Waals surface area contributed by atoms with Crippen LogP contribution in [0.25, 0.3) is 109 Å². The monoisotopic (exact) mass is 1940 g/mol. The number of thiophene rings is 1. The van der Waals surface area contributed by atoms with Gasteiger partial charge in [0.15, 0.2) is 24.2 Å². The van der Waals surface area contributed by atoms with Crippen molar-refractivity contribution in [2.45, 2.75) is 0 Å². The largest absolute Gasteiger partial charge is 0.311 e. The second-order valence-electron chi connectivity index (χ2n) is 38.3. The Morgan fingerprint density at radius 3 is 0.735 bits per heavy atom. The van der Waals surface area contributed by atoms with Crippen LogP contribution in [0.1, 0.15) is 0 Å². The van der Waals surface area contributed by atoms with Crippen LogP contribution in [0.5, 0.6) is 0 Å². The van der Waals surface area contributed by atoms with Crippen molar-refractivity contribution in [2.24, 2.45) is 0 Å². The molecule has 0 radical (unpaired) electrons. The van der Waals surface area contributed by atoms with Gasteiger partial charge in [0, 0.05) is 104 Å². The normalized spacial score (nSPS) is 13.3. The van der Waals surface area contributed by atoms with E-state index in [1.54, 1.807) is 0 Å². The quantitative estimate of drug-likeness (QED) is 0.101. The maximum absolute atomic E-state index is 2.64. The van der Waals surface area contributed by atoms with Gasteiger partial charge in [0.05, 0.1) is 22.1 Å². The third-order valence-corrected chi connectivity index (χ3v) is 46.4. The summed E-state index contributed by atoms with van der Waals surface area (Å²) in [5, 5.41) is 24.6. The fourth-order valence-corrected chi connectivity index (χ4v) is 40.8. The lowest BCUT2D eigenvalue weighted by Crippen LogP contribution is -2.77. The van der Waals surface area contributed by atoms with E-state index < -0.39 is 24.2 Å². The molecule has 29 rings (SSSR count). The van der Waals surface area contributed by atoms with Crippen molar-refractivity contribution in [2.75, 3.05) is 14.7 Å². The molecule has 0 spiro atoms. The Bertz CT molecular complexity index is 9110. The van der Waals surface area contributed by atoms with Crippen molar-refractivity contribution >= 4 is 213 Å². The zero-order valence-electron chi connectivity index (χ0n) is 80.6. The molecule has 23 aromatic carbocycles. The SMILES string of the molecule is c1ccc(-n2c3ccccc3c3cc(-c4ccc(N5c6ccccc6[Si](c6ccccc6)(c6ccccc6)c6ccccc65)cc4)ccc32)cc1.c1ccc([Si]2(c3ccccc3)c3ccccc3N(c3ccc(-c4ccc5sc6ccccc6c5c4)cc3)c3ccccc32)cc1.c1ccc([Si]2(c3ccccc3)c3ccccc3N(c3cccc(-c4ccc(-n5c6ccccc6c6ccccc65)cc4)c3)c3ccccc32)cc1. The third kappa shape index (κ3) is 14.5. The number of anilines is 9. The van der Waals surface area contributed by atoms with E-state index in [0.717, 1.165) is 17.1 Å². The summed E-state index contributed by atoms with van der Waals surface area (Å²) in [6, 6.07) is 217. The highest BCUT2D eigenvalue weighted by Crippen LogP contribution is 2.47. The summed E-state index contributed by atoms with van der Waals surface area (Å²) in [5.74, 6) is 0. The Hall–Kier alpha value is -18.1. The lowest BCUT2D eigenvalue weighted by molar-refractivity contribution is 1.18. The Labute approximate surface area is 863 Å². The van der Waals surface area contributed by atoms with E-state index in [0.29, 0.717) is 0 Å². The molecule has 0 N–H and O–H groups in total. The molecule has 3 aliphatic heterocycles. The number of hydrogen-bond donors (Lipinski definition) is 0. The molecule has 9 heteroatoms. The topological polar surface area (TPSA) is 19.6 Å². The van der Waals surface area contributed by atoms with Crippen LogP contribution in [0.2, 0.25) is 0 Å². The van der Waals surface area contributed by atoms with Crippen molar-refractivity contribution < 1.29 is 0 Å². The van der Waals surface area contributed by atoms with Crippen LogP contribution in [0.3, 0.4) is 0 Å². The van der Waals surface area contributed by atoms with Gasteiger partial charge in [-0.1, -0.05) is 443 Å². The first-order valence-electron chi connectivity index (χ1n) is 50.7. The van der Waals surface area contributed by atoms with Crippen LogP contribution in [0.15, 0.2) is 588 Å². The summed E-state index contributed by atoms with van der Waals surface area (Å²) < 4.78 is 7.43. The second kappa shape index (κ2) is 37.0. The van der Waals surface area contributed by atoms with Gasteiger partial charge in [0.25, 0.3) is 0 Å². The molecule has 6 heterocycles. The molecule has 0 fully saturated rings. The Morgan fingerprint density at radius 2 is 0.374 bits per heavy atom. The maximum atomic E-state index is 2.48.